The Morgan fingerprint density at radius 2 is 1.96 bits per heavy atom. The molecule has 0 aliphatic heterocycles. The molecule has 2 aromatic carbocycles. The molecule has 3 aromatic rings. The maximum absolute atomic E-state index is 12.7. The highest BCUT2D eigenvalue weighted by Gasteiger charge is 2.02. The van der Waals surface area contributed by atoms with Gasteiger partial charge in [-0.2, -0.15) is 0 Å². The van der Waals surface area contributed by atoms with Crippen LogP contribution in [0.1, 0.15) is 16.8 Å². The van der Waals surface area contributed by atoms with Crippen molar-refractivity contribution < 1.29 is 9.50 Å². The van der Waals surface area contributed by atoms with E-state index in [1.165, 1.54) is 5.01 Å². The molecule has 0 radical (unpaired) electrons. The molecule has 0 saturated carbocycles. The smallest absolute Gasteiger partial charge is 0.124 e. The number of pyridine rings is 1. The molecule has 0 bridgehead atoms. The zero-order valence-electron chi connectivity index (χ0n) is 13.3. The fourth-order valence-corrected chi connectivity index (χ4v) is 2.43. The first-order chi connectivity index (χ1) is 11.6. The van der Waals surface area contributed by atoms with Crippen LogP contribution >= 0.6 is 0 Å². The summed E-state index contributed by atoms with van der Waals surface area (Å²) in [6, 6.07) is 14.3. The lowest BCUT2D eigenvalue weighted by Gasteiger charge is -2.12. The molecule has 24 heavy (non-hydrogen) atoms. The van der Waals surface area contributed by atoms with Crippen molar-refractivity contribution in [1.82, 2.24) is 4.98 Å². The Labute approximate surface area is 139 Å². The van der Waals surface area contributed by atoms with Crippen molar-refractivity contribution in [3.8, 4) is 5.75 Å². The standard InChI is InChI=1S/C19H18FN3O/c1-23(21)17-8-5-14(19(24)11-17)3-6-16-7-4-15-10-13(12-20)2-9-18(15)22-16/h2-11,24H,12,21H2,1H3/b6-3+. The molecule has 0 atom stereocenters. The monoisotopic (exact) mass is 323 g/mol. The molecule has 0 fully saturated rings. The van der Waals surface area contributed by atoms with Gasteiger partial charge >= 0.3 is 0 Å². The van der Waals surface area contributed by atoms with E-state index in [1.54, 1.807) is 37.4 Å². The summed E-state index contributed by atoms with van der Waals surface area (Å²) in [5, 5.41) is 12.4. The lowest BCUT2D eigenvalue weighted by molar-refractivity contribution is 0.474. The molecule has 0 spiro atoms. The van der Waals surface area contributed by atoms with E-state index in [4.69, 9.17) is 5.84 Å². The summed E-state index contributed by atoms with van der Waals surface area (Å²) < 4.78 is 12.7. The van der Waals surface area contributed by atoms with Gasteiger partial charge in [0.15, 0.2) is 0 Å². The minimum absolute atomic E-state index is 0.148. The average Bonchev–Trinajstić information content (AvgIpc) is 2.59. The second kappa shape index (κ2) is 6.68. The van der Waals surface area contributed by atoms with E-state index in [2.05, 4.69) is 4.98 Å². The maximum atomic E-state index is 12.7. The number of hydrazine groups is 1. The number of rotatable bonds is 4. The summed E-state index contributed by atoms with van der Waals surface area (Å²) in [4.78, 5) is 4.52. The number of phenolic OH excluding ortho intramolecular Hbond substituents is 1. The third-order valence-corrected chi connectivity index (χ3v) is 3.78. The van der Waals surface area contributed by atoms with Gasteiger partial charge in [-0.1, -0.05) is 12.1 Å². The van der Waals surface area contributed by atoms with Crippen LogP contribution < -0.4 is 10.9 Å². The molecule has 5 heteroatoms. The van der Waals surface area contributed by atoms with Crippen molar-refractivity contribution in [2.24, 2.45) is 5.84 Å². The largest absolute Gasteiger partial charge is 0.507 e. The average molecular weight is 323 g/mol. The number of anilines is 1. The third-order valence-electron chi connectivity index (χ3n) is 3.78. The highest BCUT2D eigenvalue weighted by atomic mass is 19.1. The normalized spacial score (nSPS) is 11.3. The van der Waals surface area contributed by atoms with Gasteiger partial charge in [0.25, 0.3) is 0 Å². The minimum atomic E-state index is -0.481. The Morgan fingerprint density at radius 1 is 1.12 bits per heavy atom. The Bertz CT molecular complexity index is 906. The second-order valence-electron chi connectivity index (χ2n) is 5.58. The van der Waals surface area contributed by atoms with Crippen LogP contribution in [0.15, 0.2) is 48.5 Å². The quantitative estimate of drug-likeness (QED) is 0.565. The summed E-state index contributed by atoms with van der Waals surface area (Å²) >= 11 is 0. The summed E-state index contributed by atoms with van der Waals surface area (Å²) in [5.41, 5.74) is 3.60. The van der Waals surface area contributed by atoms with Gasteiger partial charge in [0.2, 0.25) is 0 Å². The van der Waals surface area contributed by atoms with E-state index < -0.39 is 6.67 Å². The molecule has 3 rings (SSSR count). The van der Waals surface area contributed by atoms with Crippen LogP contribution in [0.2, 0.25) is 0 Å². The third kappa shape index (κ3) is 3.36. The Hall–Kier alpha value is -2.92. The van der Waals surface area contributed by atoms with Gasteiger partial charge < -0.3 is 10.1 Å². The number of aromatic nitrogens is 1. The number of fused-ring (bicyclic) bond motifs is 1. The van der Waals surface area contributed by atoms with Crippen LogP contribution in [0.4, 0.5) is 10.1 Å². The van der Waals surface area contributed by atoms with E-state index in [0.29, 0.717) is 11.1 Å². The zero-order valence-corrected chi connectivity index (χ0v) is 13.3. The predicted octanol–water partition coefficient (Wildman–Crippen LogP) is 3.89. The fourth-order valence-electron chi connectivity index (χ4n) is 2.43. The first-order valence-electron chi connectivity index (χ1n) is 7.52. The Morgan fingerprint density at radius 3 is 2.67 bits per heavy atom. The first-order valence-corrected chi connectivity index (χ1v) is 7.52. The van der Waals surface area contributed by atoms with Crippen molar-refractivity contribution in [3.63, 3.8) is 0 Å². The van der Waals surface area contributed by atoms with Gasteiger partial charge in [-0.25, -0.2) is 15.2 Å². The van der Waals surface area contributed by atoms with Crippen LogP contribution in [0.25, 0.3) is 23.1 Å². The summed E-state index contributed by atoms with van der Waals surface area (Å²) in [6.45, 7) is -0.481. The summed E-state index contributed by atoms with van der Waals surface area (Å²) in [6.07, 6.45) is 3.61. The van der Waals surface area contributed by atoms with Crippen LogP contribution in [0.5, 0.6) is 5.75 Å². The highest BCUT2D eigenvalue weighted by molar-refractivity contribution is 5.82. The van der Waals surface area contributed by atoms with Crippen molar-refractivity contribution in [2.45, 2.75) is 6.67 Å². The fraction of sp³-hybridized carbons (Fsp3) is 0.105. The summed E-state index contributed by atoms with van der Waals surface area (Å²) in [7, 11) is 1.71. The first kappa shape index (κ1) is 16.0. The number of nitrogens with two attached hydrogens (primary N) is 1. The molecule has 4 nitrogen and oxygen atoms in total. The molecule has 0 aliphatic rings. The van der Waals surface area contributed by atoms with E-state index in [9.17, 15) is 9.50 Å². The van der Waals surface area contributed by atoms with Gasteiger partial charge in [-0.05, 0) is 48.0 Å². The van der Waals surface area contributed by atoms with Gasteiger partial charge in [0.1, 0.15) is 12.4 Å². The molecule has 0 unspecified atom stereocenters. The Kier molecular flexibility index (Phi) is 4.44. The van der Waals surface area contributed by atoms with Gasteiger partial charge in [-0.3, -0.25) is 0 Å². The van der Waals surface area contributed by atoms with Crippen LogP contribution in [0.3, 0.4) is 0 Å². The molecular formula is C19H18FN3O. The van der Waals surface area contributed by atoms with Gasteiger partial charge in [0, 0.05) is 24.1 Å². The Balaban J connectivity index is 1.87. The van der Waals surface area contributed by atoms with Crippen LogP contribution in [-0.4, -0.2) is 17.1 Å². The highest BCUT2D eigenvalue weighted by Crippen LogP contribution is 2.25. The molecular weight excluding hydrogens is 305 g/mol. The number of phenols is 1. The van der Waals surface area contributed by atoms with Gasteiger partial charge in [0.05, 0.1) is 16.9 Å². The maximum Gasteiger partial charge on any atom is 0.124 e. The predicted molar refractivity (Wildman–Crippen MR) is 96.2 cm³/mol. The summed E-state index contributed by atoms with van der Waals surface area (Å²) in [5.74, 6) is 5.79. The van der Waals surface area contributed by atoms with E-state index in [1.807, 2.05) is 30.3 Å². The van der Waals surface area contributed by atoms with E-state index >= 15 is 0 Å². The number of hydrogen-bond acceptors (Lipinski definition) is 4. The van der Waals surface area contributed by atoms with Crippen molar-refractivity contribution in [3.05, 3.63) is 65.4 Å². The molecule has 122 valence electrons. The second-order valence-corrected chi connectivity index (χ2v) is 5.58. The molecule has 3 N–H and O–H groups in total. The topological polar surface area (TPSA) is 62.4 Å². The molecule has 0 saturated heterocycles. The van der Waals surface area contributed by atoms with Crippen LogP contribution in [-0.2, 0) is 6.67 Å². The number of hydrogen-bond donors (Lipinski definition) is 2. The number of alkyl halides is 1. The van der Waals surface area contributed by atoms with Crippen molar-refractivity contribution in [1.29, 1.82) is 0 Å². The zero-order chi connectivity index (χ0) is 17.1. The number of nitrogens with zero attached hydrogens (tertiary/aromatic N) is 2. The van der Waals surface area contributed by atoms with Crippen LogP contribution in [0, 0.1) is 0 Å². The lowest BCUT2D eigenvalue weighted by atomic mass is 10.1. The molecule has 1 aromatic heterocycles. The SMILES string of the molecule is CN(N)c1ccc(/C=C/c2ccc3cc(CF)ccc3n2)c(O)c1. The minimum Gasteiger partial charge on any atom is -0.507 e. The molecule has 1 heterocycles. The number of halogens is 1. The molecule has 0 amide bonds. The van der Waals surface area contributed by atoms with Crippen molar-refractivity contribution >= 4 is 28.7 Å². The van der Waals surface area contributed by atoms with E-state index in [-0.39, 0.29) is 5.75 Å². The van der Waals surface area contributed by atoms with Gasteiger partial charge in [-0.15, -0.1) is 0 Å². The van der Waals surface area contributed by atoms with E-state index in [0.717, 1.165) is 22.3 Å². The lowest BCUT2D eigenvalue weighted by Crippen LogP contribution is -2.24. The van der Waals surface area contributed by atoms with Crippen molar-refractivity contribution in [2.75, 3.05) is 12.1 Å². The number of benzene rings is 2. The molecule has 0 aliphatic carbocycles. The number of aromatic hydroxyl groups is 1.